The van der Waals surface area contributed by atoms with Crippen molar-refractivity contribution in [3.8, 4) is 11.3 Å². The van der Waals surface area contributed by atoms with Crippen LogP contribution in [0.4, 0.5) is 5.95 Å². The zero-order valence-corrected chi connectivity index (χ0v) is 10.1. The Labute approximate surface area is 100 Å². The van der Waals surface area contributed by atoms with Gasteiger partial charge in [-0.25, -0.2) is 9.97 Å². The van der Waals surface area contributed by atoms with Gasteiger partial charge in [-0.3, -0.25) is 0 Å². The average molecular weight is 231 g/mol. The molecule has 0 saturated heterocycles. The van der Waals surface area contributed by atoms with Crippen LogP contribution in [0.25, 0.3) is 11.3 Å². The van der Waals surface area contributed by atoms with Crippen LogP contribution in [0.1, 0.15) is 13.8 Å². The van der Waals surface area contributed by atoms with Crippen molar-refractivity contribution < 1.29 is 0 Å². The first-order valence-electron chi connectivity index (χ1n) is 5.53. The molecule has 0 aromatic carbocycles. The second-order valence-corrected chi connectivity index (χ2v) is 4.72. The number of aromatic amines is 1. The van der Waals surface area contributed by atoms with Crippen molar-refractivity contribution in [3.05, 3.63) is 30.7 Å². The Morgan fingerprint density at radius 1 is 1.35 bits per heavy atom. The van der Waals surface area contributed by atoms with Gasteiger partial charge in [0.2, 0.25) is 5.95 Å². The first-order chi connectivity index (χ1) is 8.04. The molecule has 0 atom stereocenters. The van der Waals surface area contributed by atoms with Gasteiger partial charge in [0.15, 0.2) is 0 Å². The van der Waals surface area contributed by atoms with Crippen LogP contribution in [0.15, 0.2) is 30.7 Å². The monoisotopic (exact) mass is 231 g/mol. The van der Waals surface area contributed by atoms with Gasteiger partial charge in [-0.05, 0) is 26.0 Å². The van der Waals surface area contributed by atoms with Crippen LogP contribution < -0.4 is 11.1 Å². The zero-order chi connectivity index (χ0) is 12.3. The zero-order valence-electron chi connectivity index (χ0n) is 10.1. The third-order valence-corrected chi connectivity index (χ3v) is 2.26. The van der Waals surface area contributed by atoms with Crippen molar-refractivity contribution in [2.45, 2.75) is 19.4 Å². The van der Waals surface area contributed by atoms with E-state index in [1.165, 1.54) is 0 Å². The van der Waals surface area contributed by atoms with E-state index in [9.17, 15) is 0 Å². The van der Waals surface area contributed by atoms with Crippen molar-refractivity contribution in [2.24, 2.45) is 5.73 Å². The molecular weight excluding hydrogens is 214 g/mol. The summed E-state index contributed by atoms with van der Waals surface area (Å²) in [5.74, 6) is 0.596. The summed E-state index contributed by atoms with van der Waals surface area (Å²) in [5.41, 5.74) is 7.57. The van der Waals surface area contributed by atoms with E-state index in [4.69, 9.17) is 5.73 Å². The summed E-state index contributed by atoms with van der Waals surface area (Å²) in [5, 5.41) is 3.10. The highest BCUT2D eigenvalue weighted by atomic mass is 15.1. The van der Waals surface area contributed by atoms with Crippen LogP contribution in [-0.4, -0.2) is 27.0 Å². The van der Waals surface area contributed by atoms with E-state index in [1.54, 1.807) is 12.4 Å². The van der Waals surface area contributed by atoms with Gasteiger partial charge in [-0.2, -0.15) is 0 Å². The van der Waals surface area contributed by atoms with Crippen molar-refractivity contribution in [3.63, 3.8) is 0 Å². The molecule has 17 heavy (non-hydrogen) atoms. The highest BCUT2D eigenvalue weighted by Crippen LogP contribution is 2.15. The van der Waals surface area contributed by atoms with Crippen molar-refractivity contribution in [2.75, 3.05) is 11.9 Å². The fraction of sp³-hybridized carbons (Fsp3) is 0.333. The molecule has 90 valence electrons. The number of H-pyrrole nitrogens is 1. The topological polar surface area (TPSA) is 79.6 Å². The molecule has 2 aromatic rings. The van der Waals surface area contributed by atoms with Crippen LogP contribution in [0, 0.1) is 0 Å². The van der Waals surface area contributed by atoms with E-state index in [1.807, 2.05) is 32.2 Å². The smallest absolute Gasteiger partial charge is 0.222 e. The van der Waals surface area contributed by atoms with Crippen molar-refractivity contribution >= 4 is 5.95 Å². The number of hydrogen-bond acceptors (Lipinski definition) is 4. The number of nitrogens with two attached hydrogens (primary N) is 1. The lowest BCUT2D eigenvalue weighted by Crippen LogP contribution is -2.39. The summed E-state index contributed by atoms with van der Waals surface area (Å²) < 4.78 is 0. The molecule has 0 saturated carbocycles. The van der Waals surface area contributed by atoms with Crippen molar-refractivity contribution in [1.82, 2.24) is 15.0 Å². The first kappa shape index (κ1) is 11.6. The number of nitrogens with zero attached hydrogens (tertiary/aromatic N) is 2. The number of nitrogens with one attached hydrogen (secondary N) is 2. The van der Waals surface area contributed by atoms with E-state index in [0.717, 1.165) is 11.3 Å². The number of anilines is 1. The quantitative estimate of drug-likeness (QED) is 0.747. The van der Waals surface area contributed by atoms with Crippen LogP contribution in [0.5, 0.6) is 0 Å². The van der Waals surface area contributed by atoms with Gasteiger partial charge in [0.1, 0.15) is 0 Å². The maximum atomic E-state index is 5.87. The van der Waals surface area contributed by atoms with Gasteiger partial charge < -0.3 is 16.0 Å². The second kappa shape index (κ2) is 4.55. The largest absolute Gasteiger partial charge is 0.361 e. The first-order valence-corrected chi connectivity index (χ1v) is 5.53. The van der Waals surface area contributed by atoms with Gasteiger partial charge in [0, 0.05) is 41.9 Å². The normalized spacial score (nSPS) is 11.5. The Morgan fingerprint density at radius 3 is 2.59 bits per heavy atom. The summed E-state index contributed by atoms with van der Waals surface area (Å²) in [6.45, 7) is 4.54. The molecule has 0 radical (unpaired) electrons. The Morgan fingerprint density at radius 2 is 2.06 bits per heavy atom. The standard InChI is InChI=1S/C12H17N5/c1-12(2,13)8-17-11-15-6-9(7-16-11)10-4-3-5-14-10/h3-7,14H,8,13H2,1-2H3,(H,15,16,17). The third-order valence-electron chi connectivity index (χ3n) is 2.26. The molecule has 0 aliphatic heterocycles. The Balaban J connectivity index is 2.04. The molecule has 0 aliphatic carbocycles. The molecule has 0 bridgehead atoms. The molecule has 0 amide bonds. The van der Waals surface area contributed by atoms with Crippen LogP contribution >= 0.6 is 0 Å². The molecule has 0 spiro atoms. The fourth-order valence-electron chi connectivity index (χ4n) is 1.38. The summed E-state index contributed by atoms with van der Waals surface area (Å²) in [6, 6.07) is 3.92. The molecule has 5 heteroatoms. The average Bonchev–Trinajstić information content (AvgIpc) is 2.79. The third kappa shape index (κ3) is 3.29. The lowest BCUT2D eigenvalue weighted by atomic mass is 10.1. The van der Waals surface area contributed by atoms with Crippen LogP contribution in [-0.2, 0) is 0 Å². The van der Waals surface area contributed by atoms with Crippen molar-refractivity contribution in [1.29, 1.82) is 0 Å². The Kier molecular flexibility index (Phi) is 3.10. The summed E-state index contributed by atoms with van der Waals surface area (Å²) in [7, 11) is 0. The molecule has 0 fully saturated rings. The molecule has 0 unspecified atom stereocenters. The van der Waals surface area contributed by atoms with Crippen LogP contribution in [0.2, 0.25) is 0 Å². The molecule has 2 heterocycles. The highest BCUT2D eigenvalue weighted by molar-refractivity contribution is 5.57. The van der Waals surface area contributed by atoms with E-state index in [2.05, 4.69) is 20.3 Å². The predicted octanol–water partition coefficient (Wildman–Crippen LogP) is 1.62. The molecule has 2 aromatic heterocycles. The van der Waals surface area contributed by atoms with Gasteiger partial charge in [0.25, 0.3) is 0 Å². The summed E-state index contributed by atoms with van der Waals surface area (Å²) in [6.07, 6.45) is 5.44. The second-order valence-electron chi connectivity index (χ2n) is 4.72. The summed E-state index contributed by atoms with van der Waals surface area (Å²) >= 11 is 0. The summed E-state index contributed by atoms with van der Waals surface area (Å²) in [4.78, 5) is 11.6. The minimum Gasteiger partial charge on any atom is -0.361 e. The van der Waals surface area contributed by atoms with E-state index >= 15 is 0 Å². The number of rotatable bonds is 4. The maximum Gasteiger partial charge on any atom is 0.222 e. The van der Waals surface area contributed by atoms with Gasteiger partial charge in [0.05, 0.1) is 0 Å². The minimum absolute atomic E-state index is 0.276. The van der Waals surface area contributed by atoms with E-state index in [0.29, 0.717) is 12.5 Å². The molecule has 0 aliphatic rings. The number of hydrogen-bond donors (Lipinski definition) is 3. The van der Waals surface area contributed by atoms with Gasteiger partial charge >= 0.3 is 0 Å². The van der Waals surface area contributed by atoms with Gasteiger partial charge in [-0.1, -0.05) is 0 Å². The molecule has 4 N–H and O–H groups in total. The lowest BCUT2D eigenvalue weighted by molar-refractivity contribution is 0.547. The maximum absolute atomic E-state index is 5.87. The highest BCUT2D eigenvalue weighted by Gasteiger charge is 2.10. The Hall–Kier alpha value is -1.88. The predicted molar refractivity (Wildman–Crippen MR) is 68.6 cm³/mol. The molecule has 2 rings (SSSR count). The number of aromatic nitrogens is 3. The molecular formula is C12H17N5. The van der Waals surface area contributed by atoms with E-state index in [-0.39, 0.29) is 5.54 Å². The van der Waals surface area contributed by atoms with Gasteiger partial charge in [-0.15, -0.1) is 0 Å². The lowest BCUT2D eigenvalue weighted by Gasteiger charge is -2.18. The Bertz CT molecular complexity index is 453. The van der Waals surface area contributed by atoms with E-state index < -0.39 is 0 Å². The van der Waals surface area contributed by atoms with Crippen LogP contribution in [0.3, 0.4) is 0 Å². The SMILES string of the molecule is CC(C)(N)CNc1ncc(-c2ccc[nH]2)cn1. The fourth-order valence-corrected chi connectivity index (χ4v) is 1.38. The molecule has 5 nitrogen and oxygen atoms in total. The minimum atomic E-state index is -0.276.